The lowest BCUT2D eigenvalue weighted by molar-refractivity contribution is 0.101. The van der Waals surface area contributed by atoms with Crippen molar-refractivity contribution in [2.75, 3.05) is 10.6 Å². The molecule has 0 saturated carbocycles. The molecular weight excluding hydrogens is 334 g/mol. The van der Waals surface area contributed by atoms with E-state index in [1.807, 2.05) is 6.92 Å². The van der Waals surface area contributed by atoms with Gasteiger partial charge in [-0.25, -0.2) is 9.78 Å². The molecule has 5 nitrogen and oxygen atoms in total. The predicted octanol–water partition coefficient (Wildman–Crippen LogP) is 4.00. The molecule has 0 aliphatic rings. The zero-order valence-electron chi connectivity index (χ0n) is 11.6. The number of carbonyl (C=O) groups excluding carboxylic acids is 2. The van der Waals surface area contributed by atoms with Crippen molar-refractivity contribution in [3.05, 3.63) is 52.1 Å². The van der Waals surface area contributed by atoms with Crippen molar-refractivity contribution in [1.29, 1.82) is 0 Å². The number of halogens is 1. The highest BCUT2D eigenvalue weighted by atomic mass is 79.9. The van der Waals surface area contributed by atoms with E-state index in [0.29, 0.717) is 17.1 Å². The Hall–Kier alpha value is -2.21. The van der Waals surface area contributed by atoms with Gasteiger partial charge in [0.2, 0.25) is 0 Å². The minimum absolute atomic E-state index is 0.0134. The Bertz CT molecular complexity index is 684. The Morgan fingerprint density at radius 2 is 1.81 bits per heavy atom. The number of anilines is 2. The Morgan fingerprint density at radius 1 is 1.14 bits per heavy atom. The normalized spacial score (nSPS) is 10.0. The molecule has 6 heteroatoms. The SMILES string of the molecule is CC(=O)c1ccc(NC(=O)Nc2cc(C)c(Br)cn2)cc1. The molecule has 2 rings (SSSR count). The van der Waals surface area contributed by atoms with Gasteiger partial charge < -0.3 is 5.32 Å². The van der Waals surface area contributed by atoms with Crippen LogP contribution in [-0.2, 0) is 0 Å². The van der Waals surface area contributed by atoms with Gasteiger partial charge in [0, 0.05) is 21.9 Å². The molecule has 2 aromatic rings. The number of rotatable bonds is 3. The van der Waals surface area contributed by atoms with E-state index in [4.69, 9.17) is 0 Å². The van der Waals surface area contributed by atoms with Crippen LogP contribution in [0.25, 0.3) is 0 Å². The zero-order valence-corrected chi connectivity index (χ0v) is 13.2. The number of ketones is 1. The summed E-state index contributed by atoms with van der Waals surface area (Å²) in [6, 6.07) is 8.06. The molecule has 2 amide bonds. The predicted molar refractivity (Wildman–Crippen MR) is 85.8 cm³/mol. The van der Waals surface area contributed by atoms with Gasteiger partial charge in [-0.1, -0.05) is 0 Å². The van der Waals surface area contributed by atoms with Crippen molar-refractivity contribution in [1.82, 2.24) is 4.98 Å². The lowest BCUT2D eigenvalue weighted by Crippen LogP contribution is -2.20. The quantitative estimate of drug-likeness (QED) is 0.824. The maximum atomic E-state index is 11.9. The molecule has 2 N–H and O–H groups in total. The number of nitrogens with zero attached hydrogens (tertiary/aromatic N) is 1. The molecule has 0 bridgehead atoms. The molecule has 1 aromatic heterocycles. The third-order valence-corrected chi connectivity index (χ3v) is 3.67. The third-order valence-electron chi connectivity index (χ3n) is 2.84. The van der Waals surface area contributed by atoms with Crippen LogP contribution in [0, 0.1) is 6.92 Å². The number of benzene rings is 1. The van der Waals surface area contributed by atoms with Crippen molar-refractivity contribution < 1.29 is 9.59 Å². The standard InChI is InChI=1S/C15H14BrN3O2/c1-9-7-14(17-8-13(9)16)19-15(21)18-12-5-3-11(4-6-12)10(2)20/h3-8H,1-2H3,(H2,17,18,19,21). The summed E-state index contributed by atoms with van der Waals surface area (Å²) in [6.07, 6.45) is 1.63. The van der Waals surface area contributed by atoms with E-state index < -0.39 is 0 Å². The summed E-state index contributed by atoms with van der Waals surface area (Å²) in [5.41, 5.74) is 2.18. The van der Waals surface area contributed by atoms with Gasteiger partial charge in [0.25, 0.3) is 0 Å². The van der Waals surface area contributed by atoms with Gasteiger partial charge in [0.15, 0.2) is 5.78 Å². The highest BCUT2D eigenvalue weighted by Crippen LogP contribution is 2.17. The van der Waals surface area contributed by atoms with E-state index in [1.54, 1.807) is 36.5 Å². The number of amides is 2. The summed E-state index contributed by atoms with van der Waals surface area (Å²) < 4.78 is 0.883. The minimum atomic E-state index is -0.389. The number of Topliss-reactive ketones (excluding diaryl/α,β-unsaturated/α-hetero) is 1. The molecule has 0 saturated heterocycles. The minimum Gasteiger partial charge on any atom is -0.308 e. The summed E-state index contributed by atoms with van der Waals surface area (Å²) >= 11 is 3.35. The molecular formula is C15H14BrN3O2. The monoisotopic (exact) mass is 347 g/mol. The van der Waals surface area contributed by atoms with Gasteiger partial charge >= 0.3 is 6.03 Å². The highest BCUT2D eigenvalue weighted by molar-refractivity contribution is 9.10. The van der Waals surface area contributed by atoms with E-state index in [2.05, 4.69) is 31.5 Å². The molecule has 0 radical (unpaired) electrons. The van der Waals surface area contributed by atoms with Crippen LogP contribution in [-0.4, -0.2) is 16.8 Å². The summed E-state index contributed by atoms with van der Waals surface area (Å²) in [5, 5.41) is 5.32. The Balaban J connectivity index is 2.01. The maximum absolute atomic E-state index is 11.9. The largest absolute Gasteiger partial charge is 0.324 e. The number of nitrogens with one attached hydrogen (secondary N) is 2. The number of pyridine rings is 1. The van der Waals surface area contributed by atoms with Crippen LogP contribution in [0.4, 0.5) is 16.3 Å². The second kappa shape index (κ2) is 6.49. The lowest BCUT2D eigenvalue weighted by atomic mass is 10.1. The van der Waals surface area contributed by atoms with Crippen molar-refractivity contribution in [3.63, 3.8) is 0 Å². The second-order valence-electron chi connectivity index (χ2n) is 4.53. The summed E-state index contributed by atoms with van der Waals surface area (Å²) in [5.74, 6) is 0.453. The summed E-state index contributed by atoms with van der Waals surface area (Å²) in [4.78, 5) is 27.1. The smallest absolute Gasteiger partial charge is 0.308 e. The molecule has 0 fully saturated rings. The van der Waals surface area contributed by atoms with Crippen molar-refractivity contribution in [2.24, 2.45) is 0 Å². The van der Waals surface area contributed by atoms with Gasteiger partial charge in [-0.2, -0.15) is 0 Å². The van der Waals surface area contributed by atoms with Gasteiger partial charge in [0.1, 0.15) is 5.82 Å². The van der Waals surface area contributed by atoms with Gasteiger partial charge in [-0.3, -0.25) is 10.1 Å². The molecule has 1 heterocycles. The highest BCUT2D eigenvalue weighted by Gasteiger charge is 2.06. The zero-order chi connectivity index (χ0) is 15.4. The molecule has 0 unspecified atom stereocenters. The maximum Gasteiger partial charge on any atom is 0.324 e. The molecule has 0 spiro atoms. The van der Waals surface area contributed by atoms with Crippen LogP contribution < -0.4 is 10.6 Å². The van der Waals surface area contributed by atoms with E-state index in [-0.39, 0.29) is 11.8 Å². The molecule has 21 heavy (non-hydrogen) atoms. The fourth-order valence-electron chi connectivity index (χ4n) is 1.67. The third kappa shape index (κ3) is 4.13. The van der Waals surface area contributed by atoms with Crippen LogP contribution >= 0.6 is 15.9 Å². The second-order valence-corrected chi connectivity index (χ2v) is 5.39. The van der Waals surface area contributed by atoms with Crippen LogP contribution in [0.5, 0.6) is 0 Å². The number of urea groups is 1. The number of aromatic nitrogens is 1. The number of hydrogen-bond acceptors (Lipinski definition) is 3. The fraction of sp³-hybridized carbons (Fsp3) is 0.133. The molecule has 108 valence electrons. The van der Waals surface area contributed by atoms with Gasteiger partial charge in [-0.05, 0) is 65.7 Å². The van der Waals surface area contributed by atoms with E-state index in [0.717, 1.165) is 10.0 Å². The van der Waals surface area contributed by atoms with Crippen molar-refractivity contribution in [2.45, 2.75) is 13.8 Å². The topological polar surface area (TPSA) is 71.1 Å². The van der Waals surface area contributed by atoms with E-state index in [9.17, 15) is 9.59 Å². The summed E-state index contributed by atoms with van der Waals surface area (Å²) in [7, 11) is 0. The average molecular weight is 348 g/mol. The molecule has 0 atom stereocenters. The van der Waals surface area contributed by atoms with Crippen LogP contribution in [0.1, 0.15) is 22.8 Å². The Morgan fingerprint density at radius 3 is 2.38 bits per heavy atom. The molecule has 0 aliphatic heterocycles. The Labute approximate surface area is 130 Å². The average Bonchev–Trinajstić information content (AvgIpc) is 2.43. The van der Waals surface area contributed by atoms with E-state index in [1.165, 1.54) is 6.92 Å². The lowest BCUT2D eigenvalue weighted by Gasteiger charge is -2.08. The first kappa shape index (κ1) is 15.2. The number of aryl methyl sites for hydroxylation is 1. The van der Waals surface area contributed by atoms with Gasteiger partial charge in [-0.15, -0.1) is 0 Å². The molecule has 1 aromatic carbocycles. The summed E-state index contributed by atoms with van der Waals surface area (Å²) in [6.45, 7) is 3.41. The fourth-order valence-corrected chi connectivity index (χ4v) is 1.89. The van der Waals surface area contributed by atoms with Crippen LogP contribution in [0.2, 0.25) is 0 Å². The number of carbonyl (C=O) groups is 2. The van der Waals surface area contributed by atoms with Crippen LogP contribution in [0.3, 0.4) is 0 Å². The molecule has 0 aliphatic carbocycles. The first-order chi connectivity index (χ1) is 9.95. The van der Waals surface area contributed by atoms with Crippen molar-refractivity contribution >= 4 is 39.2 Å². The van der Waals surface area contributed by atoms with Crippen molar-refractivity contribution in [3.8, 4) is 0 Å². The Kier molecular flexibility index (Phi) is 4.70. The number of hydrogen-bond donors (Lipinski definition) is 2. The first-order valence-corrected chi connectivity index (χ1v) is 7.06. The first-order valence-electron chi connectivity index (χ1n) is 6.27. The van der Waals surface area contributed by atoms with Gasteiger partial charge in [0.05, 0.1) is 0 Å². The van der Waals surface area contributed by atoms with Crippen LogP contribution in [0.15, 0.2) is 41.0 Å². The van der Waals surface area contributed by atoms with E-state index >= 15 is 0 Å².